The minimum atomic E-state index is 0.328. The van der Waals surface area contributed by atoms with E-state index in [0.29, 0.717) is 6.54 Å². The van der Waals surface area contributed by atoms with Crippen molar-refractivity contribution in [2.75, 3.05) is 0 Å². The van der Waals surface area contributed by atoms with E-state index in [2.05, 4.69) is 15.0 Å². The molecule has 0 saturated carbocycles. The molecule has 2 rings (SSSR count). The van der Waals surface area contributed by atoms with Crippen molar-refractivity contribution in [3.05, 3.63) is 64.7 Å². The van der Waals surface area contributed by atoms with Gasteiger partial charge in [0.1, 0.15) is 0 Å². The Morgan fingerprint density at radius 3 is 2.69 bits per heavy atom. The summed E-state index contributed by atoms with van der Waals surface area (Å²) >= 11 is 0. The van der Waals surface area contributed by atoms with Gasteiger partial charge in [0.2, 0.25) is 0 Å². The fraction of sp³-hybridized carbons (Fsp3) is 0.0833. The number of rotatable bonds is 3. The van der Waals surface area contributed by atoms with Crippen molar-refractivity contribution in [3.63, 3.8) is 0 Å². The van der Waals surface area contributed by atoms with Gasteiger partial charge in [-0.2, -0.15) is 0 Å². The van der Waals surface area contributed by atoms with E-state index < -0.39 is 0 Å². The molecule has 0 fully saturated rings. The molecule has 2 aromatic rings. The quantitative estimate of drug-likeness (QED) is 0.434. The molecule has 4 heteroatoms. The van der Waals surface area contributed by atoms with Gasteiger partial charge in [0.15, 0.2) is 0 Å². The van der Waals surface area contributed by atoms with Crippen molar-refractivity contribution >= 4 is 0 Å². The molecule has 0 amide bonds. The molecule has 0 bridgehead atoms. The first-order valence-corrected chi connectivity index (χ1v) is 4.92. The topological polar surface area (TPSA) is 61.7 Å². The summed E-state index contributed by atoms with van der Waals surface area (Å²) in [5.41, 5.74) is 11.2. The lowest BCUT2D eigenvalue weighted by Gasteiger charge is -2.05. The summed E-state index contributed by atoms with van der Waals surface area (Å²) in [6.45, 7) is 0.328. The average molecular weight is 210 g/mol. The van der Waals surface area contributed by atoms with E-state index in [0.717, 1.165) is 16.8 Å². The summed E-state index contributed by atoms with van der Waals surface area (Å²) in [6, 6.07) is 13.6. The summed E-state index contributed by atoms with van der Waals surface area (Å²) in [6.07, 6.45) is 1.74. The number of hydrogen-bond donors (Lipinski definition) is 0. The van der Waals surface area contributed by atoms with Crippen LogP contribution in [0.15, 0.2) is 53.8 Å². The molecule has 0 aliphatic rings. The minimum Gasteiger partial charge on any atom is -0.256 e. The molecule has 0 radical (unpaired) electrons. The number of nitrogens with zero attached hydrogens (tertiary/aromatic N) is 4. The number of aromatic nitrogens is 1. The van der Waals surface area contributed by atoms with Crippen molar-refractivity contribution in [2.45, 2.75) is 6.54 Å². The highest BCUT2D eigenvalue weighted by atomic mass is 15.1. The molecule has 0 aliphatic heterocycles. The maximum Gasteiger partial charge on any atom is 0.0735 e. The molecule has 0 N–H and O–H groups in total. The highest BCUT2D eigenvalue weighted by molar-refractivity contribution is 5.62. The van der Waals surface area contributed by atoms with E-state index in [1.165, 1.54) is 0 Å². The average Bonchev–Trinajstić information content (AvgIpc) is 2.38. The molecule has 0 aliphatic carbocycles. The normalized spacial score (nSPS) is 9.50. The molecule has 1 heterocycles. The molecule has 0 unspecified atom stereocenters. The lowest BCUT2D eigenvalue weighted by Crippen LogP contribution is -1.90. The Bertz CT molecular complexity index is 516. The van der Waals surface area contributed by atoms with Gasteiger partial charge in [0, 0.05) is 16.7 Å². The summed E-state index contributed by atoms with van der Waals surface area (Å²) in [4.78, 5) is 7.08. The van der Waals surface area contributed by atoms with Crippen LogP contribution in [0.2, 0.25) is 0 Å². The predicted molar refractivity (Wildman–Crippen MR) is 62.5 cm³/mol. The van der Waals surface area contributed by atoms with Crippen LogP contribution >= 0.6 is 0 Å². The first-order valence-electron chi connectivity index (χ1n) is 4.92. The smallest absolute Gasteiger partial charge is 0.0735 e. The van der Waals surface area contributed by atoms with Gasteiger partial charge in [0.25, 0.3) is 0 Å². The van der Waals surface area contributed by atoms with Gasteiger partial charge in [-0.3, -0.25) is 4.98 Å². The Morgan fingerprint density at radius 1 is 1.12 bits per heavy atom. The van der Waals surface area contributed by atoms with Crippen LogP contribution < -0.4 is 0 Å². The van der Waals surface area contributed by atoms with Gasteiger partial charge in [-0.05, 0) is 17.2 Å². The van der Waals surface area contributed by atoms with E-state index in [1.54, 1.807) is 6.20 Å². The number of pyridine rings is 1. The second-order valence-electron chi connectivity index (χ2n) is 3.27. The lowest BCUT2D eigenvalue weighted by atomic mass is 10.1. The Balaban J connectivity index is 2.44. The molecule has 1 aromatic carbocycles. The molecular weight excluding hydrogens is 200 g/mol. The third-order valence-electron chi connectivity index (χ3n) is 2.24. The minimum absolute atomic E-state index is 0.328. The Kier molecular flexibility index (Phi) is 3.16. The van der Waals surface area contributed by atoms with E-state index in [9.17, 15) is 0 Å². The maximum atomic E-state index is 8.33. The van der Waals surface area contributed by atoms with Gasteiger partial charge in [0.05, 0.1) is 12.2 Å². The summed E-state index contributed by atoms with van der Waals surface area (Å²) in [7, 11) is 0. The van der Waals surface area contributed by atoms with Gasteiger partial charge >= 0.3 is 0 Å². The SMILES string of the molecule is [N-]=[N+]=NCc1cccnc1-c1ccccc1. The zero-order valence-corrected chi connectivity index (χ0v) is 8.61. The highest BCUT2D eigenvalue weighted by Gasteiger charge is 2.03. The van der Waals surface area contributed by atoms with E-state index >= 15 is 0 Å². The van der Waals surface area contributed by atoms with Crippen LogP contribution in [0.3, 0.4) is 0 Å². The van der Waals surface area contributed by atoms with Gasteiger partial charge in [-0.1, -0.05) is 41.5 Å². The number of hydrogen-bond acceptors (Lipinski definition) is 2. The highest BCUT2D eigenvalue weighted by Crippen LogP contribution is 2.21. The Hall–Kier alpha value is -2.32. The number of azide groups is 1. The fourth-order valence-corrected chi connectivity index (χ4v) is 1.53. The van der Waals surface area contributed by atoms with Crippen LogP contribution in [0.1, 0.15) is 5.56 Å². The molecule has 78 valence electrons. The first kappa shape index (κ1) is 10.2. The van der Waals surface area contributed by atoms with Crippen LogP contribution in [-0.2, 0) is 6.54 Å². The molecule has 4 nitrogen and oxygen atoms in total. The van der Waals surface area contributed by atoms with Crippen molar-refractivity contribution in [1.82, 2.24) is 4.98 Å². The molecule has 0 atom stereocenters. The van der Waals surface area contributed by atoms with Crippen LogP contribution in [-0.4, -0.2) is 4.98 Å². The maximum absolute atomic E-state index is 8.33. The lowest BCUT2D eigenvalue weighted by molar-refractivity contribution is 1.03. The number of benzene rings is 1. The molecule has 0 spiro atoms. The summed E-state index contributed by atoms with van der Waals surface area (Å²) in [5.74, 6) is 0. The molecule has 0 saturated heterocycles. The second kappa shape index (κ2) is 4.96. The summed E-state index contributed by atoms with van der Waals surface area (Å²) in [5, 5.41) is 3.57. The van der Waals surface area contributed by atoms with Crippen LogP contribution in [0.4, 0.5) is 0 Å². The van der Waals surface area contributed by atoms with E-state index in [-0.39, 0.29) is 0 Å². The van der Waals surface area contributed by atoms with E-state index in [1.807, 2.05) is 42.5 Å². The first-order chi connectivity index (χ1) is 7.92. The third kappa shape index (κ3) is 2.19. The van der Waals surface area contributed by atoms with E-state index in [4.69, 9.17) is 5.53 Å². The molecule has 1 aromatic heterocycles. The van der Waals surface area contributed by atoms with Gasteiger partial charge < -0.3 is 0 Å². The van der Waals surface area contributed by atoms with Gasteiger partial charge in [-0.25, -0.2) is 0 Å². The van der Waals surface area contributed by atoms with Crippen molar-refractivity contribution in [1.29, 1.82) is 0 Å². The fourth-order valence-electron chi connectivity index (χ4n) is 1.53. The summed E-state index contributed by atoms with van der Waals surface area (Å²) < 4.78 is 0. The third-order valence-corrected chi connectivity index (χ3v) is 2.24. The Labute approximate surface area is 93.2 Å². The van der Waals surface area contributed by atoms with Gasteiger partial charge in [-0.15, -0.1) is 0 Å². The molecular formula is C12H10N4. The zero-order valence-electron chi connectivity index (χ0n) is 8.61. The van der Waals surface area contributed by atoms with Crippen LogP contribution in [0, 0.1) is 0 Å². The van der Waals surface area contributed by atoms with Crippen molar-refractivity contribution in [2.24, 2.45) is 5.11 Å². The second-order valence-corrected chi connectivity index (χ2v) is 3.27. The van der Waals surface area contributed by atoms with Crippen molar-refractivity contribution in [3.8, 4) is 11.3 Å². The largest absolute Gasteiger partial charge is 0.256 e. The Morgan fingerprint density at radius 2 is 1.94 bits per heavy atom. The predicted octanol–water partition coefficient (Wildman–Crippen LogP) is 3.56. The molecule has 16 heavy (non-hydrogen) atoms. The zero-order chi connectivity index (χ0) is 11.2. The standard InChI is InChI=1S/C12H10N4/c13-16-15-9-11-7-4-8-14-12(11)10-5-2-1-3-6-10/h1-8H,9H2. The van der Waals surface area contributed by atoms with Crippen molar-refractivity contribution < 1.29 is 0 Å². The van der Waals surface area contributed by atoms with Crippen LogP contribution in [0.25, 0.3) is 21.7 Å². The monoisotopic (exact) mass is 210 g/mol. The van der Waals surface area contributed by atoms with Crippen LogP contribution in [0.5, 0.6) is 0 Å².